The summed E-state index contributed by atoms with van der Waals surface area (Å²) < 4.78 is 0. The second kappa shape index (κ2) is 9.52. The number of aliphatic hydroxyl groups is 2. The minimum Gasteiger partial charge on any atom is -0.393 e. The maximum absolute atomic E-state index is 10.1. The molecule has 0 aromatic rings. The van der Waals surface area contributed by atoms with Gasteiger partial charge in [-0.3, -0.25) is 0 Å². The van der Waals surface area contributed by atoms with E-state index in [0.717, 1.165) is 28.9 Å². The molecule has 0 spiro atoms. The Balaban J connectivity index is 1.71. The normalized spacial score (nSPS) is 39.3. The molecule has 164 valence electrons. The smallest absolute Gasteiger partial charge is 0.0811 e. The Labute approximate surface area is 179 Å². The Morgan fingerprint density at radius 1 is 1.14 bits per heavy atom. The van der Waals surface area contributed by atoms with Gasteiger partial charge in [0.15, 0.2) is 0 Å². The van der Waals surface area contributed by atoms with Crippen LogP contribution in [0.25, 0.3) is 0 Å². The third kappa shape index (κ3) is 5.07. The van der Waals surface area contributed by atoms with E-state index in [2.05, 4.69) is 46.4 Å². The summed E-state index contributed by atoms with van der Waals surface area (Å²) in [7, 11) is 0. The monoisotopic (exact) mass is 400 g/mol. The van der Waals surface area contributed by atoms with Crippen molar-refractivity contribution in [3.63, 3.8) is 0 Å². The van der Waals surface area contributed by atoms with E-state index in [0.29, 0.717) is 24.2 Å². The summed E-state index contributed by atoms with van der Waals surface area (Å²) in [6, 6.07) is 0. The summed E-state index contributed by atoms with van der Waals surface area (Å²) in [5, 5.41) is 20.2. The van der Waals surface area contributed by atoms with Crippen molar-refractivity contribution in [1.82, 2.24) is 0 Å². The van der Waals surface area contributed by atoms with Crippen LogP contribution >= 0.6 is 0 Å². The van der Waals surface area contributed by atoms with Gasteiger partial charge < -0.3 is 10.2 Å². The van der Waals surface area contributed by atoms with Gasteiger partial charge in [-0.05, 0) is 78.8 Å². The van der Waals surface area contributed by atoms with Gasteiger partial charge in [-0.1, -0.05) is 71.3 Å². The zero-order valence-electron chi connectivity index (χ0n) is 19.3. The quantitative estimate of drug-likeness (QED) is 0.528. The summed E-state index contributed by atoms with van der Waals surface area (Å²) >= 11 is 0. The number of allylic oxidation sites excluding steroid dienone is 3. The van der Waals surface area contributed by atoms with Crippen molar-refractivity contribution < 1.29 is 10.2 Å². The molecule has 3 aliphatic carbocycles. The Bertz CT molecular complexity index is 643. The number of hydrogen-bond donors (Lipinski definition) is 2. The van der Waals surface area contributed by atoms with E-state index in [1.807, 2.05) is 0 Å². The fourth-order valence-corrected chi connectivity index (χ4v) is 6.73. The Hall–Kier alpha value is -0.860. The molecule has 3 aliphatic rings. The first-order valence-corrected chi connectivity index (χ1v) is 12.2. The largest absolute Gasteiger partial charge is 0.393 e. The lowest BCUT2D eigenvalue weighted by atomic mass is 9.60. The predicted octanol–water partition coefficient (Wildman–Crippen LogP) is 6.59. The van der Waals surface area contributed by atoms with E-state index in [-0.39, 0.29) is 0 Å². The highest BCUT2D eigenvalue weighted by Gasteiger charge is 2.50. The van der Waals surface area contributed by atoms with Crippen molar-refractivity contribution in [2.24, 2.45) is 29.1 Å². The van der Waals surface area contributed by atoms with E-state index in [1.54, 1.807) is 5.57 Å². The minimum atomic E-state index is -0.595. The predicted molar refractivity (Wildman–Crippen MR) is 123 cm³/mol. The van der Waals surface area contributed by atoms with E-state index >= 15 is 0 Å². The first-order valence-electron chi connectivity index (χ1n) is 12.2. The molecule has 3 rings (SSSR count). The van der Waals surface area contributed by atoms with E-state index < -0.39 is 12.2 Å². The maximum atomic E-state index is 10.1. The molecular weight excluding hydrogens is 356 g/mol. The van der Waals surface area contributed by atoms with Crippen LogP contribution in [-0.4, -0.2) is 22.4 Å². The molecule has 3 fully saturated rings. The SMILES string of the molecule is C=C1/C(=C\C=C2/CCC[C@@]3(C)C2CC[C@@H]3[C@H](C)CCCC(C)C)C[C@@H](O)C[C@H]1O. The first kappa shape index (κ1) is 22.8. The van der Waals surface area contributed by atoms with Crippen molar-refractivity contribution in [1.29, 1.82) is 0 Å². The molecule has 0 saturated heterocycles. The van der Waals surface area contributed by atoms with Gasteiger partial charge in [-0.25, -0.2) is 0 Å². The molecule has 0 amide bonds. The van der Waals surface area contributed by atoms with Gasteiger partial charge in [0, 0.05) is 6.42 Å². The molecule has 0 bridgehead atoms. The van der Waals surface area contributed by atoms with Gasteiger partial charge >= 0.3 is 0 Å². The highest BCUT2D eigenvalue weighted by Crippen LogP contribution is 2.59. The molecular formula is C27H44O2. The molecule has 1 unspecified atom stereocenters. The van der Waals surface area contributed by atoms with Crippen LogP contribution in [0.15, 0.2) is 35.5 Å². The molecule has 29 heavy (non-hydrogen) atoms. The van der Waals surface area contributed by atoms with Crippen LogP contribution in [0.1, 0.15) is 91.9 Å². The molecule has 0 aliphatic heterocycles. The minimum absolute atomic E-state index is 0.420. The van der Waals surface area contributed by atoms with Crippen molar-refractivity contribution in [3.05, 3.63) is 35.5 Å². The lowest BCUT2D eigenvalue weighted by molar-refractivity contribution is 0.0861. The zero-order chi connectivity index (χ0) is 21.2. The third-order valence-corrected chi connectivity index (χ3v) is 8.43. The highest BCUT2D eigenvalue weighted by molar-refractivity contribution is 5.38. The molecule has 2 heteroatoms. The van der Waals surface area contributed by atoms with Gasteiger partial charge in [0.25, 0.3) is 0 Å². The fourth-order valence-electron chi connectivity index (χ4n) is 6.73. The summed E-state index contributed by atoms with van der Waals surface area (Å²) in [6.07, 6.45) is 15.2. The van der Waals surface area contributed by atoms with E-state index in [1.165, 1.54) is 51.4 Å². The number of fused-ring (bicyclic) bond motifs is 1. The van der Waals surface area contributed by atoms with Crippen molar-refractivity contribution in [3.8, 4) is 0 Å². The molecule has 2 nitrogen and oxygen atoms in total. The lowest BCUT2D eigenvalue weighted by Crippen LogP contribution is -2.36. The molecule has 0 heterocycles. The van der Waals surface area contributed by atoms with Crippen LogP contribution in [-0.2, 0) is 0 Å². The topological polar surface area (TPSA) is 40.5 Å². The van der Waals surface area contributed by atoms with Gasteiger partial charge in [0.2, 0.25) is 0 Å². The molecule has 2 N–H and O–H groups in total. The number of hydrogen-bond acceptors (Lipinski definition) is 2. The van der Waals surface area contributed by atoms with E-state index in [4.69, 9.17) is 0 Å². The van der Waals surface area contributed by atoms with Crippen molar-refractivity contribution >= 4 is 0 Å². The van der Waals surface area contributed by atoms with Crippen LogP contribution < -0.4 is 0 Å². The number of aliphatic hydroxyl groups excluding tert-OH is 2. The third-order valence-electron chi connectivity index (χ3n) is 8.43. The Kier molecular flexibility index (Phi) is 7.49. The van der Waals surface area contributed by atoms with Crippen molar-refractivity contribution in [2.45, 2.75) is 104 Å². The van der Waals surface area contributed by atoms with Gasteiger partial charge in [0.05, 0.1) is 12.2 Å². The Morgan fingerprint density at radius 3 is 2.62 bits per heavy atom. The molecule has 0 aromatic heterocycles. The summed E-state index contributed by atoms with van der Waals surface area (Å²) in [6.45, 7) is 13.8. The second-order valence-electron chi connectivity index (χ2n) is 11.0. The standard InChI is InChI=1S/C27H44O2/c1-18(2)8-6-9-19(3)24-13-14-25-21(10-7-15-27(24,25)5)11-12-22-16-23(28)17-26(29)20(22)4/h11-12,18-19,23-26,28-29H,4,6-10,13-17H2,1-3,5H3/b21-11+,22-12-/t19-,23-,24-,25?,26-,27-/m1/s1. The van der Waals surface area contributed by atoms with Crippen molar-refractivity contribution in [2.75, 3.05) is 0 Å². The maximum Gasteiger partial charge on any atom is 0.0811 e. The summed E-state index contributed by atoms with van der Waals surface area (Å²) in [4.78, 5) is 0. The molecule has 3 saturated carbocycles. The summed E-state index contributed by atoms with van der Waals surface area (Å²) in [5.41, 5.74) is 3.88. The van der Waals surface area contributed by atoms with Crippen LogP contribution in [0.3, 0.4) is 0 Å². The summed E-state index contributed by atoms with van der Waals surface area (Å²) in [5.74, 6) is 3.20. The lowest BCUT2D eigenvalue weighted by Gasteiger charge is -2.44. The highest BCUT2D eigenvalue weighted by atomic mass is 16.3. The zero-order valence-corrected chi connectivity index (χ0v) is 19.3. The fraction of sp³-hybridized carbons (Fsp3) is 0.778. The average molecular weight is 401 g/mol. The molecule has 6 atom stereocenters. The molecule has 0 aromatic carbocycles. The first-order chi connectivity index (χ1) is 13.7. The van der Waals surface area contributed by atoms with E-state index in [9.17, 15) is 10.2 Å². The van der Waals surface area contributed by atoms with Crippen LogP contribution in [0, 0.1) is 29.1 Å². The number of rotatable bonds is 6. The van der Waals surface area contributed by atoms with Gasteiger partial charge in [-0.15, -0.1) is 0 Å². The van der Waals surface area contributed by atoms with Crippen LogP contribution in [0.4, 0.5) is 0 Å². The van der Waals surface area contributed by atoms with Gasteiger partial charge in [0.1, 0.15) is 0 Å². The second-order valence-corrected chi connectivity index (χ2v) is 11.0. The molecule has 0 radical (unpaired) electrons. The van der Waals surface area contributed by atoms with Crippen LogP contribution in [0.2, 0.25) is 0 Å². The van der Waals surface area contributed by atoms with Gasteiger partial charge in [-0.2, -0.15) is 0 Å². The van der Waals surface area contributed by atoms with Crippen LogP contribution in [0.5, 0.6) is 0 Å². The average Bonchev–Trinajstić information content (AvgIpc) is 3.00. The Morgan fingerprint density at radius 2 is 1.90 bits per heavy atom.